The zero-order valence-corrected chi connectivity index (χ0v) is 16.4. The van der Waals surface area contributed by atoms with Gasteiger partial charge in [0.15, 0.2) is 0 Å². The number of unbranched alkanes of at least 4 members (excludes halogenated alkanes) is 1. The van der Waals surface area contributed by atoms with E-state index in [4.69, 9.17) is 9.47 Å². The Kier molecular flexibility index (Phi) is 11.3. The van der Waals surface area contributed by atoms with Gasteiger partial charge < -0.3 is 9.47 Å². The Morgan fingerprint density at radius 2 is 1.68 bits per heavy atom. The van der Waals surface area contributed by atoms with E-state index in [1.165, 1.54) is 36.8 Å². The molecule has 0 amide bonds. The number of carbonyl (C=O) groups excluding carboxylic acids is 2. The first-order valence-electron chi connectivity index (χ1n) is 10.1. The maximum absolute atomic E-state index is 11.8. The van der Waals surface area contributed by atoms with E-state index < -0.39 is 0 Å². The summed E-state index contributed by atoms with van der Waals surface area (Å²) in [4.78, 5) is 23.6. The van der Waals surface area contributed by atoms with Crippen LogP contribution in [0, 0.1) is 5.92 Å². The third kappa shape index (κ3) is 9.66. The number of esters is 2. The second kappa shape index (κ2) is 13.0. The highest BCUT2D eigenvalue weighted by Crippen LogP contribution is 2.24. The highest BCUT2D eigenvalue weighted by Gasteiger charge is 2.13. The molecule has 4 nitrogen and oxygen atoms in total. The minimum atomic E-state index is -0.215. The van der Waals surface area contributed by atoms with Crippen molar-refractivity contribution in [1.82, 2.24) is 0 Å². The Labute approximate surface area is 153 Å². The molecule has 1 rings (SSSR count). The van der Waals surface area contributed by atoms with Crippen LogP contribution in [0.2, 0.25) is 0 Å². The molecule has 0 aromatic rings. The molecule has 0 radical (unpaired) electrons. The second-order valence-electron chi connectivity index (χ2n) is 7.20. The second-order valence-corrected chi connectivity index (χ2v) is 7.20. The first-order valence-corrected chi connectivity index (χ1v) is 10.1. The summed E-state index contributed by atoms with van der Waals surface area (Å²) >= 11 is 0. The Balaban J connectivity index is 2.12. The van der Waals surface area contributed by atoms with Crippen molar-refractivity contribution < 1.29 is 19.1 Å². The molecule has 25 heavy (non-hydrogen) atoms. The SMILES string of the molecule is CCCCC(CC)COC(=O)CCCC(=O)OCC1=C(C)CCCC1. The van der Waals surface area contributed by atoms with Gasteiger partial charge in [0.2, 0.25) is 0 Å². The van der Waals surface area contributed by atoms with E-state index in [0.717, 1.165) is 25.7 Å². The first-order chi connectivity index (χ1) is 12.1. The van der Waals surface area contributed by atoms with E-state index >= 15 is 0 Å². The van der Waals surface area contributed by atoms with Gasteiger partial charge in [-0.05, 0) is 56.9 Å². The summed E-state index contributed by atoms with van der Waals surface area (Å²) in [5.74, 6) is 0.0440. The molecule has 0 spiro atoms. The van der Waals surface area contributed by atoms with Gasteiger partial charge in [0, 0.05) is 12.8 Å². The fourth-order valence-corrected chi connectivity index (χ4v) is 3.11. The Morgan fingerprint density at radius 3 is 2.32 bits per heavy atom. The largest absolute Gasteiger partial charge is 0.465 e. The molecule has 0 aromatic heterocycles. The molecule has 0 saturated heterocycles. The molecule has 0 heterocycles. The van der Waals surface area contributed by atoms with E-state index in [9.17, 15) is 9.59 Å². The lowest BCUT2D eigenvalue weighted by Crippen LogP contribution is -2.14. The quantitative estimate of drug-likeness (QED) is 0.351. The predicted octanol–water partition coefficient (Wildman–Crippen LogP) is 5.35. The summed E-state index contributed by atoms with van der Waals surface area (Å²) in [6, 6.07) is 0. The van der Waals surface area contributed by atoms with Gasteiger partial charge in [-0.25, -0.2) is 0 Å². The van der Waals surface area contributed by atoms with Gasteiger partial charge in [-0.3, -0.25) is 9.59 Å². The minimum absolute atomic E-state index is 0.200. The molecule has 1 atom stereocenters. The molecule has 0 fully saturated rings. The molecule has 144 valence electrons. The molecule has 1 aliphatic rings. The lowest BCUT2D eigenvalue weighted by molar-refractivity contribution is -0.146. The first kappa shape index (κ1) is 21.7. The highest BCUT2D eigenvalue weighted by atomic mass is 16.5. The average Bonchev–Trinajstić information content (AvgIpc) is 2.61. The van der Waals surface area contributed by atoms with Gasteiger partial charge in [0.25, 0.3) is 0 Å². The summed E-state index contributed by atoms with van der Waals surface area (Å²) in [5.41, 5.74) is 2.65. The Bertz CT molecular complexity index is 439. The third-order valence-electron chi connectivity index (χ3n) is 5.08. The zero-order valence-electron chi connectivity index (χ0n) is 16.4. The number of carbonyl (C=O) groups is 2. The van der Waals surface area contributed by atoms with E-state index in [0.29, 0.717) is 32.0 Å². The number of ether oxygens (including phenoxy) is 2. The van der Waals surface area contributed by atoms with Crippen molar-refractivity contribution in [2.24, 2.45) is 5.92 Å². The fraction of sp³-hybridized carbons (Fsp3) is 0.810. The molecule has 4 heteroatoms. The van der Waals surface area contributed by atoms with Crippen molar-refractivity contribution in [2.45, 2.75) is 91.4 Å². The normalized spacial score (nSPS) is 15.8. The van der Waals surface area contributed by atoms with Crippen LogP contribution in [0.15, 0.2) is 11.1 Å². The van der Waals surface area contributed by atoms with Crippen molar-refractivity contribution in [3.05, 3.63) is 11.1 Å². The molecule has 0 bridgehead atoms. The molecular formula is C21H36O4. The molecule has 0 saturated carbocycles. The van der Waals surface area contributed by atoms with Crippen LogP contribution < -0.4 is 0 Å². The number of rotatable bonds is 12. The van der Waals surface area contributed by atoms with Crippen LogP contribution in [0.5, 0.6) is 0 Å². The van der Waals surface area contributed by atoms with Crippen molar-refractivity contribution >= 4 is 11.9 Å². The van der Waals surface area contributed by atoms with Gasteiger partial charge in [-0.15, -0.1) is 0 Å². The number of allylic oxidation sites excluding steroid dienone is 1. The average molecular weight is 353 g/mol. The summed E-state index contributed by atoms with van der Waals surface area (Å²) in [6.45, 7) is 7.36. The monoisotopic (exact) mass is 352 g/mol. The maximum Gasteiger partial charge on any atom is 0.306 e. The van der Waals surface area contributed by atoms with Crippen LogP contribution in [0.1, 0.15) is 91.4 Å². The summed E-state index contributed by atoms with van der Waals surface area (Å²) in [5, 5.41) is 0. The van der Waals surface area contributed by atoms with Crippen LogP contribution in [-0.4, -0.2) is 25.2 Å². The zero-order chi connectivity index (χ0) is 18.5. The summed E-state index contributed by atoms with van der Waals surface area (Å²) in [6.07, 6.45) is 10.2. The molecular weight excluding hydrogens is 316 g/mol. The van der Waals surface area contributed by atoms with Crippen LogP contribution in [-0.2, 0) is 19.1 Å². The molecule has 0 N–H and O–H groups in total. The highest BCUT2D eigenvalue weighted by molar-refractivity contribution is 5.72. The smallest absolute Gasteiger partial charge is 0.306 e. The van der Waals surface area contributed by atoms with Crippen LogP contribution in [0.4, 0.5) is 0 Å². The standard InChI is InChI=1S/C21H36O4/c1-4-6-11-18(5-2)15-24-20(22)13-9-14-21(23)25-16-19-12-8-7-10-17(19)3/h18H,4-16H2,1-3H3. The minimum Gasteiger partial charge on any atom is -0.465 e. The number of hydrogen-bond acceptors (Lipinski definition) is 4. The molecule has 1 aliphatic carbocycles. The lowest BCUT2D eigenvalue weighted by atomic mass is 9.93. The number of hydrogen-bond donors (Lipinski definition) is 0. The van der Waals surface area contributed by atoms with Crippen molar-refractivity contribution in [3.63, 3.8) is 0 Å². The molecule has 1 unspecified atom stereocenters. The predicted molar refractivity (Wildman–Crippen MR) is 100 cm³/mol. The van der Waals surface area contributed by atoms with E-state index in [1.807, 2.05) is 0 Å². The third-order valence-corrected chi connectivity index (χ3v) is 5.08. The van der Waals surface area contributed by atoms with Gasteiger partial charge in [-0.1, -0.05) is 38.7 Å². The van der Waals surface area contributed by atoms with Gasteiger partial charge in [0.05, 0.1) is 6.61 Å². The van der Waals surface area contributed by atoms with E-state index in [1.54, 1.807) is 0 Å². The van der Waals surface area contributed by atoms with Gasteiger partial charge >= 0.3 is 11.9 Å². The van der Waals surface area contributed by atoms with Gasteiger partial charge in [0.1, 0.15) is 6.61 Å². The van der Waals surface area contributed by atoms with Crippen LogP contribution in [0.3, 0.4) is 0 Å². The van der Waals surface area contributed by atoms with Gasteiger partial charge in [-0.2, -0.15) is 0 Å². The van der Waals surface area contributed by atoms with Crippen LogP contribution in [0.25, 0.3) is 0 Å². The van der Waals surface area contributed by atoms with Crippen molar-refractivity contribution in [3.8, 4) is 0 Å². The Hall–Kier alpha value is -1.32. The van der Waals surface area contributed by atoms with E-state index in [2.05, 4.69) is 20.8 Å². The van der Waals surface area contributed by atoms with Crippen molar-refractivity contribution in [2.75, 3.05) is 13.2 Å². The molecule has 0 aromatic carbocycles. The Morgan fingerprint density at radius 1 is 1.00 bits per heavy atom. The summed E-state index contributed by atoms with van der Waals surface area (Å²) < 4.78 is 10.7. The lowest BCUT2D eigenvalue weighted by Gasteiger charge is -2.17. The topological polar surface area (TPSA) is 52.6 Å². The van der Waals surface area contributed by atoms with Crippen molar-refractivity contribution in [1.29, 1.82) is 0 Å². The fourth-order valence-electron chi connectivity index (χ4n) is 3.11. The van der Waals surface area contributed by atoms with Crippen LogP contribution >= 0.6 is 0 Å². The summed E-state index contributed by atoms with van der Waals surface area (Å²) in [7, 11) is 0. The molecule has 0 aliphatic heterocycles. The van der Waals surface area contributed by atoms with E-state index in [-0.39, 0.29) is 18.4 Å². The maximum atomic E-state index is 11.8.